The highest BCUT2D eigenvalue weighted by molar-refractivity contribution is 5.83. The second-order valence-electron chi connectivity index (χ2n) is 4.45. The van der Waals surface area contributed by atoms with Gasteiger partial charge >= 0.3 is 0 Å². The summed E-state index contributed by atoms with van der Waals surface area (Å²) in [5, 5.41) is 0. The molecular weight excluding hydrogens is 214 g/mol. The molecular formula is C13H21N3O. The monoisotopic (exact) mass is 235 g/mol. The molecule has 0 aromatic heterocycles. The van der Waals surface area contributed by atoms with Crippen LogP contribution in [-0.4, -0.2) is 18.0 Å². The molecule has 1 rings (SSSR count). The Morgan fingerprint density at radius 2 is 1.76 bits per heavy atom. The number of carbonyl (C=O) groups excluding carboxylic acids is 1. The summed E-state index contributed by atoms with van der Waals surface area (Å²) >= 11 is 0. The van der Waals surface area contributed by atoms with Gasteiger partial charge in [-0.1, -0.05) is 12.1 Å². The van der Waals surface area contributed by atoms with E-state index in [2.05, 4.69) is 0 Å². The molecule has 0 bridgehead atoms. The highest BCUT2D eigenvalue weighted by Gasteiger charge is 2.21. The number of nitrogens with zero attached hydrogens (tertiary/aromatic N) is 1. The summed E-state index contributed by atoms with van der Waals surface area (Å²) in [7, 11) is 0. The second-order valence-corrected chi connectivity index (χ2v) is 4.45. The van der Waals surface area contributed by atoms with Gasteiger partial charge in [-0.2, -0.15) is 0 Å². The number of primary amides is 1. The zero-order chi connectivity index (χ0) is 13.0. The first-order valence-corrected chi connectivity index (χ1v) is 5.84. The van der Waals surface area contributed by atoms with Gasteiger partial charge in [0.05, 0.1) is 0 Å². The van der Waals surface area contributed by atoms with E-state index < -0.39 is 0 Å². The van der Waals surface area contributed by atoms with Crippen LogP contribution >= 0.6 is 0 Å². The Bertz CT molecular complexity index is 373. The highest BCUT2D eigenvalue weighted by atomic mass is 16.1. The highest BCUT2D eigenvalue weighted by Crippen LogP contribution is 2.20. The number of amides is 1. The van der Waals surface area contributed by atoms with Crippen molar-refractivity contribution in [3.63, 3.8) is 0 Å². The fourth-order valence-electron chi connectivity index (χ4n) is 1.91. The standard InChI is InChI=1S/C13H21N3O/c1-9(2)16(10(3)13(15)17)12-6-4-11(8-14)5-7-12/h4-7,9-10H,8,14H2,1-3H3,(H2,15,17). The Balaban J connectivity index is 3.01. The Morgan fingerprint density at radius 1 is 1.24 bits per heavy atom. The Labute approximate surface area is 103 Å². The van der Waals surface area contributed by atoms with Crippen LogP contribution in [0.4, 0.5) is 5.69 Å². The fourth-order valence-corrected chi connectivity index (χ4v) is 1.91. The van der Waals surface area contributed by atoms with E-state index in [1.165, 1.54) is 0 Å². The van der Waals surface area contributed by atoms with Gasteiger partial charge in [0, 0.05) is 18.3 Å². The summed E-state index contributed by atoms with van der Waals surface area (Å²) in [4.78, 5) is 13.3. The van der Waals surface area contributed by atoms with Gasteiger partial charge in [0.1, 0.15) is 6.04 Å². The molecule has 4 nitrogen and oxygen atoms in total. The van der Waals surface area contributed by atoms with E-state index in [0.29, 0.717) is 6.54 Å². The normalized spacial score (nSPS) is 12.5. The van der Waals surface area contributed by atoms with Crippen molar-refractivity contribution in [3.05, 3.63) is 29.8 Å². The Kier molecular flexibility index (Phi) is 4.52. The fraction of sp³-hybridized carbons (Fsp3) is 0.462. The van der Waals surface area contributed by atoms with Crippen molar-refractivity contribution in [2.24, 2.45) is 11.5 Å². The molecule has 0 aliphatic carbocycles. The number of nitrogens with two attached hydrogens (primary N) is 2. The lowest BCUT2D eigenvalue weighted by Crippen LogP contribution is -2.46. The first-order valence-electron chi connectivity index (χ1n) is 5.84. The molecule has 1 aromatic rings. The molecule has 4 heteroatoms. The number of carbonyl (C=O) groups is 1. The predicted molar refractivity (Wildman–Crippen MR) is 70.6 cm³/mol. The van der Waals surface area contributed by atoms with Gasteiger partial charge in [-0.15, -0.1) is 0 Å². The van der Waals surface area contributed by atoms with Gasteiger partial charge in [-0.05, 0) is 38.5 Å². The smallest absolute Gasteiger partial charge is 0.239 e. The number of hydrogen-bond acceptors (Lipinski definition) is 3. The summed E-state index contributed by atoms with van der Waals surface area (Å²) < 4.78 is 0. The van der Waals surface area contributed by atoms with Gasteiger partial charge in [-0.25, -0.2) is 0 Å². The van der Waals surface area contributed by atoms with Crippen LogP contribution in [0.15, 0.2) is 24.3 Å². The molecule has 0 aliphatic rings. The lowest BCUT2D eigenvalue weighted by Gasteiger charge is -2.33. The van der Waals surface area contributed by atoms with Gasteiger partial charge in [-0.3, -0.25) is 4.79 Å². The minimum atomic E-state index is -0.321. The van der Waals surface area contributed by atoms with Crippen LogP contribution in [-0.2, 0) is 11.3 Å². The zero-order valence-electron chi connectivity index (χ0n) is 10.7. The second kappa shape index (κ2) is 5.68. The molecule has 1 atom stereocenters. The van der Waals surface area contributed by atoms with Crippen molar-refractivity contribution in [2.75, 3.05) is 4.90 Å². The molecule has 4 N–H and O–H groups in total. The first-order chi connectivity index (χ1) is 7.97. The van der Waals surface area contributed by atoms with Gasteiger partial charge < -0.3 is 16.4 Å². The molecule has 0 saturated heterocycles. The van der Waals surface area contributed by atoms with Crippen LogP contribution in [0.2, 0.25) is 0 Å². The van der Waals surface area contributed by atoms with Crippen LogP contribution in [0.1, 0.15) is 26.3 Å². The van der Waals surface area contributed by atoms with E-state index >= 15 is 0 Å². The molecule has 0 saturated carbocycles. The van der Waals surface area contributed by atoms with Crippen molar-refractivity contribution in [3.8, 4) is 0 Å². The topological polar surface area (TPSA) is 72.3 Å². The van der Waals surface area contributed by atoms with E-state index in [1.807, 2.05) is 49.9 Å². The molecule has 1 aromatic carbocycles. The van der Waals surface area contributed by atoms with E-state index in [4.69, 9.17) is 11.5 Å². The summed E-state index contributed by atoms with van der Waals surface area (Å²) in [5.41, 5.74) is 13.0. The van der Waals surface area contributed by atoms with Crippen LogP contribution in [0, 0.1) is 0 Å². The molecule has 0 fully saturated rings. The minimum Gasteiger partial charge on any atom is -0.368 e. The number of rotatable bonds is 5. The molecule has 0 heterocycles. The van der Waals surface area contributed by atoms with Crippen LogP contribution in [0.3, 0.4) is 0 Å². The van der Waals surface area contributed by atoms with E-state index in [0.717, 1.165) is 11.3 Å². The first kappa shape index (κ1) is 13.5. The predicted octanol–water partition coefficient (Wildman–Crippen LogP) is 1.23. The molecule has 94 valence electrons. The van der Waals surface area contributed by atoms with E-state index in [9.17, 15) is 4.79 Å². The average Bonchev–Trinajstić information content (AvgIpc) is 2.29. The van der Waals surface area contributed by atoms with Crippen LogP contribution < -0.4 is 16.4 Å². The Hall–Kier alpha value is -1.55. The average molecular weight is 235 g/mol. The van der Waals surface area contributed by atoms with Crippen molar-refractivity contribution >= 4 is 11.6 Å². The maximum absolute atomic E-state index is 11.3. The quantitative estimate of drug-likeness (QED) is 0.806. The van der Waals surface area contributed by atoms with Crippen molar-refractivity contribution in [1.82, 2.24) is 0 Å². The lowest BCUT2D eigenvalue weighted by atomic mass is 10.1. The van der Waals surface area contributed by atoms with Crippen molar-refractivity contribution in [1.29, 1.82) is 0 Å². The maximum atomic E-state index is 11.3. The zero-order valence-corrected chi connectivity index (χ0v) is 10.7. The number of benzene rings is 1. The van der Waals surface area contributed by atoms with Gasteiger partial charge in [0.15, 0.2) is 0 Å². The van der Waals surface area contributed by atoms with E-state index in [1.54, 1.807) is 0 Å². The molecule has 1 unspecified atom stereocenters. The maximum Gasteiger partial charge on any atom is 0.239 e. The molecule has 0 aliphatic heterocycles. The molecule has 17 heavy (non-hydrogen) atoms. The third-order valence-electron chi connectivity index (χ3n) is 2.86. The van der Waals surface area contributed by atoms with E-state index in [-0.39, 0.29) is 18.0 Å². The van der Waals surface area contributed by atoms with Gasteiger partial charge in [0.25, 0.3) is 0 Å². The summed E-state index contributed by atoms with van der Waals surface area (Å²) in [6.07, 6.45) is 0. The van der Waals surface area contributed by atoms with Crippen LogP contribution in [0.5, 0.6) is 0 Å². The third kappa shape index (κ3) is 3.20. The minimum absolute atomic E-state index is 0.209. The van der Waals surface area contributed by atoms with Gasteiger partial charge in [0.2, 0.25) is 5.91 Å². The summed E-state index contributed by atoms with van der Waals surface area (Å²) in [5.74, 6) is -0.318. The summed E-state index contributed by atoms with van der Waals surface area (Å²) in [6, 6.07) is 7.78. The van der Waals surface area contributed by atoms with Crippen molar-refractivity contribution < 1.29 is 4.79 Å². The summed E-state index contributed by atoms with van der Waals surface area (Å²) in [6.45, 7) is 6.42. The SMILES string of the molecule is CC(C)N(c1ccc(CN)cc1)C(C)C(N)=O. The van der Waals surface area contributed by atoms with Crippen molar-refractivity contribution in [2.45, 2.75) is 39.4 Å². The molecule has 0 radical (unpaired) electrons. The Morgan fingerprint density at radius 3 is 2.12 bits per heavy atom. The third-order valence-corrected chi connectivity index (χ3v) is 2.86. The number of hydrogen-bond donors (Lipinski definition) is 2. The molecule has 0 spiro atoms. The largest absolute Gasteiger partial charge is 0.368 e. The molecule has 1 amide bonds. The van der Waals surface area contributed by atoms with Crippen LogP contribution in [0.25, 0.3) is 0 Å². The lowest BCUT2D eigenvalue weighted by molar-refractivity contribution is -0.119. The number of anilines is 1.